The molecule has 0 bridgehead atoms. The van der Waals surface area contributed by atoms with E-state index in [-0.39, 0.29) is 24.0 Å². The summed E-state index contributed by atoms with van der Waals surface area (Å²) in [6.45, 7) is 2.81. The van der Waals surface area contributed by atoms with Crippen LogP contribution < -0.4 is 9.47 Å². The lowest BCUT2D eigenvalue weighted by molar-refractivity contribution is -0.133. The SMILES string of the molecule is COc1cc(OC2CCN(C(=O)C3CC3)C2C)ncn1. The summed E-state index contributed by atoms with van der Waals surface area (Å²) in [5.41, 5.74) is 0. The summed E-state index contributed by atoms with van der Waals surface area (Å²) in [5, 5.41) is 0. The molecule has 0 aromatic carbocycles. The van der Waals surface area contributed by atoms with Gasteiger partial charge in [-0.25, -0.2) is 9.97 Å². The molecule has 1 aliphatic heterocycles. The molecule has 108 valence electrons. The zero-order chi connectivity index (χ0) is 14.1. The summed E-state index contributed by atoms with van der Waals surface area (Å²) in [6, 6.07) is 1.75. The van der Waals surface area contributed by atoms with E-state index in [1.807, 2.05) is 11.8 Å². The molecule has 1 aromatic heterocycles. The van der Waals surface area contributed by atoms with Crippen molar-refractivity contribution in [2.24, 2.45) is 5.92 Å². The van der Waals surface area contributed by atoms with E-state index >= 15 is 0 Å². The van der Waals surface area contributed by atoms with Crippen molar-refractivity contribution in [2.45, 2.75) is 38.3 Å². The molecule has 20 heavy (non-hydrogen) atoms. The van der Waals surface area contributed by atoms with Gasteiger partial charge in [0.1, 0.15) is 12.4 Å². The van der Waals surface area contributed by atoms with Crippen molar-refractivity contribution < 1.29 is 14.3 Å². The molecule has 0 N–H and O–H groups in total. The quantitative estimate of drug-likeness (QED) is 0.829. The predicted octanol–water partition coefficient (Wildman–Crippen LogP) is 1.26. The normalized spacial score (nSPS) is 25.6. The van der Waals surface area contributed by atoms with Crippen molar-refractivity contribution in [1.29, 1.82) is 0 Å². The van der Waals surface area contributed by atoms with Crippen LogP contribution in [-0.4, -0.2) is 46.6 Å². The van der Waals surface area contributed by atoms with Crippen LogP contribution in [0.2, 0.25) is 0 Å². The number of hydrogen-bond acceptors (Lipinski definition) is 5. The Balaban J connectivity index is 1.64. The Labute approximate surface area is 118 Å². The first-order valence-corrected chi connectivity index (χ1v) is 7.02. The number of nitrogens with zero attached hydrogens (tertiary/aromatic N) is 3. The maximum Gasteiger partial charge on any atom is 0.226 e. The zero-order valence-electron chi connectivity index (χ0n) is 11.8. The number of methoxy groups -OCH3 is 1. The van der Waals surface area contributed by atoms with Gasteiger partial charge in [-0.3, -0.25) is 4.79 Å². The molecule has 1 saturated carbocycles. The van der Waals surface area contributed by atoms with Crippen LogP contribution in [0.15, 0.2) is 12.4 Å². The molecule has 1 amide bonds. The van der Waals surface area contributed by atoms with Crippen LogP contribution in [0.4, 0.5) is 0 Å². The molecular weight excluding hydrogens is 258 g/mol. The molecule has 2 atom stereocenters. The van der Waals surface area contributed by atoms with Crippen molar-refractivity contribution in [3.8, 4) is 11.8 Å². The molecule has 2 aliphatic rings. The summed E-state index contributed by atoms with van der Waals surface area (Å²) in [6.07, 6.45) is 4.32. The van der Waals surface area contributed by atoms with Crippen LogP contribution in [0.3, 0.4) is 0 Å². The van der Waals surface area contributed by atoms with Gasteiger partial charge in [-0.2, -0.15) is 0 Å². The zero-order valence-corrected chi connectivity index (χ0v) is 11.8. The number of rotatable bonds is 4. The van der Waals surface area contributed by atoms with Gasteiger partial charge >= 0.3 is 0 Å². The van der Waals surface area contributed by atoms with E-state index in [1.165, 1.54) is 6.33 Å². The van der Waals surface area contributed by atoms with E-state index in [0.717, 1.165) is 25.8 Å². The van der Waals surface area contributed by atoms with Crippen LogP contribution in [0.1, 0.15) is 26.2 Å². The van der Waals surface area contributed by atoms with E-state index < -0.39 is 0 Å². The first kappa shape index (κ1) is 13.1. The average Bonchev–Trinajstić information content (AvgIpc) is 3.25. The second-order valence-corrected chi connectivity index (χ2v) is 5.39. The highest BCUT2D eigenvalue weighted by molar-refractivity contribution is 5.81. The number of ether oxygens (including phenoxy) is 2. The van der Waals surface area contributed by atoms with Crippen LogP contribution in [-0.2, 0) is 4.79 Å². The molecular formula is C14H19N3O3. The Hall–Kier alpha value is -1.85. The van der Waals surface area contributed by atoms with Crippen molar-refractivity contribution >= 4 is 5.91 Å². The third kappa shape index (κ3) is 2.55. The van der Waals surface area contributed by atoms with Gasteiger partial charge < -0.3 is 14.4 Å². The Bertz CT molecular complexity index is 504. The Morgan fingerprint density at radius 1 is 1.30 bits per heavy atom. The van der Waals surface area contributed by atoms with E-state index in [0.29, 0.717) is 11.8 Å². The lowest BCUT2D eigenvalue weighted by Gasteiger charge is -2.24. The molecule has 1 aliphatic carbocycles. The number of aromatic nitrogens is 2. The topological polar surface area (TPSA) is 64.6 Å². The second-order valence-electron chi connectivity index (χ2n) is 5.39. The average molecular weight is 277 g/mol. The summed E-state index contributed by atoms with van der Waals surface area (Å²) < 4.78 is 10.9. The monoisotopic (exact) mass is 277 g/mol. The van der Waals surface area contributed by atoms with Crippen LogP contribution in [0.25, 0.3) is 0 Å². The third-order valence-corrected chi connectivity index (χ3v) is 3.99. The van der Waals surface area contributed by atoms with Gasteiger partial charge in [0.2, 0.25) is 17.7 Å². The lowest BCUT2D eigenvalue weighted by Crippen LogP contribution is -2.40. The van der Waals surface area contributed by atoms with Gasteiger partial charge in [-0.05, 0) is 19.8 Å². The summed E-state index contributed by atoms with van der Waals surface area (Å²) in [7, 11) is 1.56. The highest BCUT2D eigenvalue weighted by atomic mass is 16.5. The van der Waals surface area contributed by atoms with E-state index in [4.69, 9.17) is 9.47 Å². The first-order chi connectivity index (χ1) is 9.69. The molecule has 6 nitrogen and oxygen atoms in total. The molecule has 6 heteroatoms. The van der Waals surface area contributed by atoms with E-state index in [2.05, 4.69) is 9.97 Å². The Morgan fingerprint density at radius 2 is 2.05 bits per heavy atom. The van der Waals surface area contributed by atoms with Crippen molar-refractivity contribution in [2.75, 3.05) is 13.7 Å². The van der Waals surface area contributed by atoms with Crippen LogP contribution in [0.5, 0.6) is 11.8 Å². The minimum atomic E-state index is -0.0164. The lowest BCUT2D eigenvalue weighted by atomic mass is 10.2. The highest BCUT2D eigenvalue weighted by Crippen LogP contribution is 2.34. The molecule has 0 radical (unpaired) electrons. The van der Waals surface area contributed by atoms with Crippen LogP contribution in [0, 0.1) is 5.92 Å². The van der Waals surface area contributed by atoms with Crippen LogP contribution >= 0.6 is 0 Å². The van der Waals surface area contributed by atoms with E-state index in [9.17, 15) is 4.79 Å². The molecule has 1 saturated heterocycles. The fourth-order valence-corrected chi connectivity index (χ4v) is 2.60. The van der Waals surface area contributed by atoms with Crippen molar-refractivity contribution in [3.63, 3.8) is 0 Å². The molecule has 2 heterocycles. The number of amides is 1. The number of hydrogen-bond donors (Lipinski definition) is 0. The Kier molecular flexibility index (Phi) is 3.46. The fraction of sp³-hybridized carbons (Fsp3) is 0.643. The highest BCUT2D eigenvalue weighted by Gasteiger charge is 2.41. The molecule has 1 aromatic rings. The molecule has 3 rings (SSSR count). The van der Waals surface area contributed by atoms with Gasteiger partial charge in [0.15, 0.2) is 0 Å². The minimum Gasteiger partial charge on any atom is -0.481 e. The maximum atomic E-state index is 12.1. The molecule has 2 unspecified atom stereocenters. The van der Waals surface area contributed by atoms with E-state index in [1.54, 1.807) is 13.2 Å². The summed E-state index contributed by atoms with van der Waals surface area (Å²) >= 11 is 0. The number of likely N-dealkylation sites (tertiary alicyclic amines) is 1. The third-order valence-electron chi connectivity index (χ3n) is 3.99. The predicted molar refractivity (Wildman–Crippen MR) is 71.5 cm³/mol. The number of carbonyl (C=O) groups excluding carboxylic acids is 1. The smallest absolute Gasteiger partial charge is 0.226 e. The first-order valence-electron chi connectivity index (χ1n) is 7.02. The fourth-order valence-electron chi connectivity index (χ4n) is 2.60. The van der Waals surface area contributed by atoms with Gasteiger partial charge in [0.05, 0.1) is 19.2 Å². The largest absolute Gasteiger partial charge is 0.481 e. The van der Waals surface area contributed by atoms with Gasteiger partial charge in [-0.1, -0.05) is 0 Å². The van der Waals surface area contributed by atoms with Crippen molar-refractivity contribution in [1.82, 2.24) is 14.9 Å². The number of carbonyl (C=O) groups is 1. The molecule has 0 spiro atoms. The van der Waals surface area contributed by atoms with Gasteiger partial charge in [0, 0.05) is 18.9 Å². The molecule has 2 fully saturated rings. The minimum absolute atomic E-state index is 0.0164. The second kappa shape index (κ2) is 5.26. The van der Waals surface area contributed by atoms with Crippen molar-refractivity contribution in [3.05, 3.63) is 12.4 Å². The summed E-state index contributed by atoms with van der Waals surface area (Å²) in [4.78, 5) is 22.1. The van der Waals surface area contributed by atoms with Gasteiger partial charge in [0.25, 0.3) is 0 Å². The summed E-state index contributed by atoms with van der Waals surface area (Å²) in [5.74, 6) is 1.51. The Morgan fingerprint density at radius 3 is 2.75 bits per heavy atom. The standard InChI is InChI=1S/C14H19N3O3/c1-9-11(5-6-17(9)14(18)10-3-4-10)20-13-7-12(19-2)15-8-16-13/h7-11H,3-6H2,1-2H3. The maximum absolute atomic E-state index is 12.1. The van der Waals surface area contributed by atoms with Gasteiger partial charge in [-0.15, -0.1) is 0 Å².